The van der Waals surface area contributed by atoms with Crippen molar-refractivity contribution in [2.75, 3.05) is 21.3 Å². The number of carbonyl (C=O) groups excluding carboxylic acids is 1. The Morgan fingerprint density at radius 3 is 2.17 bits per heavy atom. The summed E-state index contributed by atoms with van der Waals surface area (Å²) in [6.45, 7) is 0. The Morgan fingerprint density at radius 1 is 0.913 bits per heavy atom. The second kappa shape index (κ2) is 6.04. The van der Waals surface area contributed by atoms with Crippen molar-refractivity contribution in [3.8, 4) is 22.9 Å². The maximum atomic E-state index is 11.6. The summed E-state index contributed by atoms with van der Waals surface area (Å²) < 4.78 is 18.2. The lowest BCUT2D eigenvalue weighted by molar-refractivity contribution is 0.111. The van der Waals surface area contributed by atoms with E-state index >= 15 is 0 Å². The summed E-state index contributed by atoms with van der Waals surface area (Å²) in [6.07, 6.45) is 0.825. The average molecular weight is 311 g/mol. The number of rotatable bonds is 5. The standard InChI is InChI=1S/C18H17NO4/c1-21-16-10-15-14(17(22-2)18(16)23-3)9-13(11-20)19(15)12-7-5-4-6-8-12/h4-11H,1-3H3. The molecule has 0 aliphatic heterocycles. The van der Waals surface area contributed by atoms with Gasteiger partial charge in [-0.15, -0.1) is 0 Å². The highest BCUT2D eigenvalue weighted by molar-refractivity contribution is 5.97. The summed E-state index contributed by atoms with van der Waals surface area (Å²) in [4.78, 5) is 11.6. The third-order valence-corrected chi connectivity index (χ3v) is 3.77. The maximum absolute atomic E-state index is 11.6. The van der Waals surface area contributed by atoms with Crippen molar-refractivity contribution in [2.45, 2.75) is 0 Å². The second-order valence-electron chi connectivity index (χ2n) is 4.94. The lowest BCUT2D eigenvalue weighted by atomic mass is 10.2. The Balaban J connectivity index is 2.43. The van der Waals surface area contributed by atoms with Gasteiger partial charge < -0.3 is 18.8 Å². The van der Waals surface area contributed by atoms with Crippen molar-refractivity contribution in [2.24, 2.45) is 0 Å². The minimum atomic E-state index is 0.505. The number of para-hydroxylation sites is 1. The number of hydrogen-bond donors (Lipinski definition) is 0. The Morgan fingerprint density at radius 2 is 1.61 bits per heavy atom. The van der Waals surface area contributed by atoms with E-state index in [4.69, 9.17) is 14.2 Å². The SMILES string of the molecule is COc1cc2c(cc(C=O)n2-c2ccccc2)c(OC)c1OC. The van der Waals surface area contributed by atoms with E-state index in [1.807, 2.05) is 41.0 Å². The number of aromatic nitrogens is 1. The first-order valence-corrected chi connectivity index (χ1v) is 7.10. The molecular weight excluding hydrogens is 294 g/mol. The highest BCUT2D eigenvalue weighted by Gasteiger charge is 2.21. The van der Waals surface area contributed by atoms with E-state index in [1.54, 1.807) is 27.4 Å². The summed E-state index contributed by atoms with van der Waals surface area (Å²) in [7, 11) is 4.69. The maximum Gasteiger partial charge on any atom is 0.204 e. The van der Waals surface area contributed by atoms with Crippen LogP contribution < -0.4 is 14.2 Å². The van der Waals surface area contributed by atoms with Gasteiger partial charge in [0.15, 0.2) is 17.8 Å². The smallest absolute Gasteiger partial charge is 0.204 e. The van der Waals surface area contributed by atoms with Gasteiger partial charge in [0, 0.05) is 17.1 Å². The highest BCUT2D eigenvalue weighted by atomic mass is 16.5. The van der Waals surface area contributed by atoms with Crippen LogP contribution in [0.15, 0.2) is 42.5 Å². The molecule has 3 rings (SSSR count). The van der Waals surface area contributed by atoms with E-state index in [0.717, 1.165) is 22.9 Å². The fourth-order valence-corrected chi connectivity index (χ4v) is 2.79. The van der Waals surface area contributed by atoms with E-state index in [2.05, 4.69) is 0 Å². The molecule has 0 aliphatic carbocycles. The molecule has 5 heteroatoms. The molecule has 0 fully saturated rings. The van der Waals surface area contributed by atoms with Gasteiger partial charge in [0.05, 0.1) is 32.5 Å². The van der Waals surface area contributed by atoms with Crippen LogP contribution >= 0.6 is 0 Å². The van der Waals surface area contributed by atoms with Crippen molar-refractivity contribution in [3.05, 3.63) is 48.2 Å². The summed E-state index contributed by atoms with van der Waals surface area (Å²) in [5.41, 5.74) is 2.23. The van der Waals surface area contributed by atoms with Crippen LogP contribution in [-0.2, 0) is 0 Å². The van der Waals surface area contributed by atoms with Crippen LogP contribution in [0.25, 0.3) is 16.6 Å². The van der Waals surface area contributed by atoms with Crippen molar-refractivity contribution in [1.29, 1.82) is 0 Å². The van der Waals surface area contributed by atoms with Gasteiger partial charge in [0.2, 0.25) is 5.75 Å². The molecule has 118 valence electrons. The molecule has 0 atom stereocenters. The zero-order valence-corrected chi connectivity index (χ0v) is 13.2. The van der Waals surface area contributed by atoms with E-state index in [0.29, 0.717) is 22.9 Å². The van der Waals surface area contributed by atoms with Gasteiger partial charge in [-0.2, -0.15) is 0 Å². The minimum absolute atomic E-state index is 0.505. The van der Waals surface area contributed by atoms with Crippen molar-refractivity contribution < 1.29 is 19.0 Å². The molecule has 0 unspecified atom stereocenters. The fraction of sp³-hybridized carbons (Fsp3) is 0.167. The highest BCUT2D eigenvalue weighted by Crippen LogP contribution is 2.44. The largest absolute Gasteiger partial charge is 0.493 e. The molecule has 0 saturated carbocycles. The molecule has 3 aromatic rings. The lowest BCUT2D eigenvalue weighted by Crippen LogP contribution is -2.00. The number of nitrogens with zero attached hydrogens (tertiary/aromatic N) is 1. The number of methoxy groups -OCH3 is 3. The van der Waals surface area contributed by atoms with E-state index in [9.17, 15) is 4.79 Å². The number of aldehydes is 1. The van der Waals surface area contributed by atoms with Crippen LogP contribution in [0.4, 0.5) is 0 Å². The van der Waals surface area contributed by atoms with Gasteiger partial charge in [-0.1, -0.05) is 18.2 Å². The Labute approximate surface area is 134 Å². The number of ether oxygens (including phenoxy) is 3. The summed E-state index contributed by atoms with van der Waals surface area (Å²) in [5, 5.41) is 0.788. The third kappa shape index (κ3) is 2.30. The van der Waals surface area contributed by atoms with Crippen molar-refractivity contribution >= 4 is 17.2 Å². The molecule has 0 amide bonds. The van der Waals surface area contributed by atoms with Crippen molar-refractivity contribution in [3.63, 3.8) is 0 Å². The molecule has 0 aliphatic rings. The second-order valence-corrected chi connectivity index (χ2v) is 4.94. The van der Waals surface area contributed by atoms with Gasteiger partial charge in [0.1, 0.15) is 0 Å². The first-order valence-electron chi connectivity index (χ1n) is 7.10. The number of benzene rings is 2. The predicted octanol–water partition coefficient (Wildman–Crippen LogP) is 3.47. The molecular formula is C18H17NO4. The van der Waals surface area contributed by atoms with E-state index < -0.39 is 0 Å². The van der Waals surface area contributed by atoms with Gasteiger partial charge in [-0.3, -0.25) is 4.79 Å². The Kier molecular flexibility index (Phi) is 3.93. The van der Waals surface area contributed by atoms with E-state index in [1.165, 1.54) is 0 Å². The molecule has 23 heavy (non-hydrogen) atoms. The first kappa shape index (κ1) is 15.0. The van der Waals surface area contributed by atoms with Crippen LogP contribution in [0.1, 0.15) is 10.5 Å². The lowest BCUT2D eigenvalue weighted by Gasteiger charge is -2.14. The average Bonchev–Trinajstić information content (AvgIpc) is 2.98. The first-order chi connectivity index (χ1) is 11.2. The quantitative estimate of drug-likeness (QED) is 0.677. The molecule has 0 saturated heterocycles. The Hall–Kier alpha value is -2.95. The van der Waals surface area contributed by atoms with Gasteiger partial charge in [-0.25, -0.2) is 0 Å². The van der Waals surface area contributed by atoms with Gasteiger partial charge in [-0.05, 0) is 18.2 Å². The predicted molar refractivity (Wildman–Crippen MR) is 88.3 cm³/mol. The summed E-state index contributed by atoms with van der Waals surface area (Å²) in [5.74, 6) is 1.59. The molecule has 0 radical (unpaired) electrons. The van der Waals surface area contributed by atoms with Crippen LogP contribution in [-0.4, -0.2) is 32.2 Å². The monoisotopic (exact) mass is 311 g/mol. The van der Waals surface area contributed by atoms with Crippen LogP contribution in [0, 0.1) is 0 Å². The number of hydrogen-bond acceptors (Lipinski definition) is 4. The normalized spacial score (nSPS) is 10.6. The van der Waals surface area contributed by atoms with Crippen LogP contribution in [0.5, 0.6) is 17.2 Å². The van der Waals surface area contributed by atoms with Gasteiger partial charge >= 0.3 is 0 Å². The third-order valence-electron chi connectivity index (χ3n) is 3.77. The Bertz CT molecular complexity index is 853. The number of fused-ring (bicyclic) bond motifs is 1. The molecule has 0 N–H and O–H groups in total. The fourth-order valence-electron chi connectivity index (χ4n) is 2.79. The minimum Gasteiger partial charge on any atom is -0.493 e. The summed E-state index contributed by atoms with van der Waals surface area (Å²) in [6, 6.07) is 13.3. The molecule has 2 aromatic carbocycles. The zero-order chi connectivity index (χ0) is 16.4. The van der Waals surface area contributed by atoms with Crippen molar-refractivity contribution in [1.82, 2.24) is 4.57 Å². The molecule has 1 heterocycles. The molecule has 1 aromatic heterocycles. The van der Waals surface area contributed by atoms with E-state index in [-0.39, 0.29) is 0 Å². The van der Waals surface area contributed by atoms with Crippen LogP contribution in [0.3, 0.4) is 0 Å². The molecule has 0 spiro atoms. The zero-order valence-electron chi connectivity index (χ0n) is 13.2. The van der Waals surface area contributed by atoms with Gasteiger partial charge in [0.25, 0.3) is 0 Å². The molecule has 5 nitrogen and oxygen atoms in total. The molecule has 0 bridgehead atoms. The number of carbonyl (C=O) groups is 1. The topological polar surface area (TPSA) is 49.7 Å². The van der Waals surface area contributed by atoms with Crippen LogP contribution in [0.2, 0.25) is 0 Å². The summed E-state index contributed by atoms with van der Waals surface area (Å²) >= 11 is 0.